The van der Waals surface area contributed by atoms with E-state index in [1.807, 2.05) is 41.1 Å². The first-order valence-corrected chi connectivity index (χ1v) is 5.76. The fourth-order valence-electron chi connectivity index (χ4n) is 1.82. The quantitative estimate of drug-likeness (QED) is 0.874. The number of nitrogens with two attached hydrogens (primary N) is 1. The lowest BCUT2D eigenvalue weighted by molar-refractivity contribution is 0.0589. The van der Waals surface area contributed by atoms with Crippen molar-refractivity contribution in [1.29, 1.82) is 0 Å². The van der Waals surface area contributed by atoms with Gasteiger partial charge in [0, 0.05) is 19.3 Å². The highest BCUT2D eigenvalue weighted by Crippen LogP contribution is 2.10. The Bertz CT molecular complexity index is 535. The Labute approximate surface area is 118 Å². The van der Waals surface area contributed by atoms with Crippen LogP contribution in [-0.2, 0) is 17.8 Å². The molecule has 0 fully saturated rings. The second-order valence-corrected chi connectivity index (χ2v) is 4.03. The van der Waals surface area contributed by atoms with Crippen LogP contribution in [0.2, 0.25) is 0 Å². The highest BCUT2D eigenvalue weighted by atomic mass is 35.5. The van der Waals surface area contributed by atoms with E-state index in [9.17, 15) is 4.79 Å². The van der Waals surface area contributed by atoms with Crippen molar-refractivity contribution in [2.45, 2.75) is 13.1 Å². The molecule has 5 heteroatoms. The van der Waals surface area contributed by atoms with Gasteiger partial charge in [0.05, 0.1) is 7.11 Å². The summed E-state index contributed by atoms with van der Waals surface area (Å²) in [5, 5.41) is 0. The van der Waals surface area contributed by atoms with Crippen molar-refractivity contribution >= 4 is 18.4 Å². The molecule has 0 saturated heterocycles. The first-order chi connectivity index (χ1) is 8.74. The number of hydrogen-bond acceptors (Lipinski definition) is 3. The number of ether oxygens (including phenoxy) is 1. The number of methoxy groups -OCH3 is 1. The lowest BCUT2D eigenvalue weighted by Crippen LogP contribution is -2.10. The van der Waals surface area contributed by atoms with Gasteiger partial charge < -0.3 is 15.0 Å². The second kappa shape index (κ2) is 6.97. The molecule has 0 amide bonds. The van der Waals surface area contributed by atoms with Crippen LogP contribution in [0.4, 0.5) is 0 Å². The molecular weight excluding hydrogens is 264 g/mol. The third kappa shape index (κ3) is 3.59. The van der Waals surface area contributed by atoms with Gasteiger partial charge in [0.2, 0.25) is 0 Å². The summed E-state index contributed by atoms with van der Waals surface area (Å²) >= 11 is 0. The summed E-state index contributed by atoms with van der Waals surface area (Å²) < 4.78 is 6.60. The summed E-state index contributed by atoms with van der Waals surface area (Å²) in [4.78, 5) is 11.5. The fraction of sp³-hybridized carbons (Fsp3) is 0.214. The van der Waals surface area contributed by atoms with Crippen LogP contribution >= 0.6 is 12.4 Å². The minimum atomic E-state index is -0.321. The van der Waals surface area contributed by atoms with E-state index in [-0.39, 0.29) is 18.4 Å². The summed E-state index contributed by atoms with van der Waals surface area (Å²) in [5.41, 5.74) is 8.32. The normalized spacial score (nSPS) is 9.79. The molecule has 2 aromatic rings. The van der Waals surface area contributed by atoms with Crippen LogP contribution in [0.5, 0.6) is 0 Å². The summed E-state index contributed by atoms with van der Waals surface area (Å²) in [6, 6.07) is 11.6. The van der Waals surface area contributed by atoms with Gasteiger partial charge in [-0.05, 0) is 23.3 Å². The molecule has 0 spiro atoms. The molecule has 0 aliphatic carbocycles. The molecule has 0 aliphatic rings. The van der Waals surface area contributed by atoms with Crippen molar-refractivity contribution in [3.8, 4) is 0 Å². The Kier molecular flexibility index (Phi) is 5.60. The Morgan fingerprint density at radius 2 is 1.84 bits per heavy atom. The van der Waals surface area contributed by atoms with Gasteiger partial charge >= 0.3 is 5.97 Å². The van der Waals surface area contributed by atoms with Crippen LogP contribution in [0, 0.1) is 0 Å². The number of esters is 1. The third-order valence-corrected chi connectivity index (χ3v) is 2.84. The topological polar surface area (TPSA) is 57.2 Å². The van der Waals surface area contributed by atoms with E-state index in [2.05, 4.69) is 0 Å². The number of nitrogens with zero attached hydrogens (tertiary/aromatic N) is 1. The van der Waals surface area contributed by atoms with E-state index in [4.69, 9.17) is 10.5 Å². The number of carbonyl (C=O) groups is 1. The molecule has 1 aromatic heterocycles. The lowest BCUT2D eigenvalue weighted by Gasteiger charge is -2.08. The Balaban J connectivity index is 0.00000180. The molecule has 0 aliphatic heterocycles. The molecule has 0 unspecified atom stereocenters. The van der Waals surface area contributed by atoms with Gasteiger partial charge in [0.15, 0.2) is 0 Å². The van der Waals surface area contributed by atoms with E-state index in [1.54, 1.807) is 6.07 Å². The molecule has 2 rings (SSSR count). The second-order valence-electron chi connectivity index (χ2n) is 4.03. The van der Waals surface area contributed by atoms with Crippen LogP contribution in [-0.4, -0.2) is 17.6 Å². The van der Waals surface area contributed by atoms with Gasteiger partial charge in [0.1, 0.15) is 5.69 Å². The van der Waals surface area contributed by atoms with Crippen molar-refractivity contribution in [2.24, 2.45) is 5.73 Å². The highest BCUT2D eigenvalue weighted by molar-refractivity contribution is 5.87. The van der Waals surface area contributed by atoms with Gasteiger partial charge in [0.25, 0.3) is 0 Å². The summed E-state index contributed by atoms with van der Waals surface area (Å²) in [6.45, 7) is 1.18. The van der Waals surface area contributed by atoms with Crippen LogP contribution < -0.4 is 5.73 Å². The van der Waals surface area contributed by atoms with Crippen LogP contribution in [0.1, 0.15) is 21.6 Å². The number of carbonyl (C=O) groups excluding carboxylic acids is 1. The van der Waals surface area contributed by atoms with E-state index in [0.717, 1.165) is 11.1 Å². The number of benzene rings is 1. The van der Waals surface area contributed by atoms with Crippen molar-refractivity contribution in [1.82, 2.24) is 4.57 Å². The zero-order valence-electron chi connectivity index (χ0n) is 10.7. The Morgan fingerprint density at radius 1 is 1.21 bits per heavy atom. The van der Waals surface area contributed by atoms with E-state index in [1.165, 1.54) is 7.11 Å². The maximum absolute atomic E-state index is 11.5. The Morgan fingerprint density at radius 3 is 2.42 bits per heavy atom. The van der Waals surface area contributed by atoms with Gasteiger partial charge in [-0.1, -0.05) is 24.3 Å². The van der Waals surface area contributed by atoms with Crippen molar-refractivity contribution in [3.63, 3.8) is 0 Å². The predicted molar refractivity (Wildman–Crippen MR) is 76.5 cm³/mol. The molecule has 2 N–H and O–H groups in total. The molecule has 0 saturated carbocycles. The third-order valence-electron chi connectivity index (χ3n) is 2.84. The fourth-order valence-corrected chi connectivity index (χ4v) is 1.82. The molecule has 0 radical (unpaired) electrons. The smallest absolute Gasteiger partial charge is 0.354 e. The summed E-state index contributed by atoms with van der Waals surface area (Å²) in [5.74, 6) is -0.321. The first kappa shape index (κ1) is 15.3. The molecule has 1 heterocycles. The predicted octanol–water partition coefficient (Wildman–Crippen LogP) is 2.20. The number of rotatable bonds is 4. The minimum Gasteiger partial charge on any atom is -0.464 e. The summed E-state index contributed by atoms with van der Waals surface area (Å²) in [6.07, 6.45) is 1.86. The monoisotopic (exact) mass is 280 g/mol. The number of aromatic nitrogens is 1. The standard InChI is InChI=1S/C14H16N2O2.ClH/c1-18-14(17)13-3-2-8-16(13)10-12-6-4-11(9-15)5-7-12;/h2-8H,9-10,15H2,1H3;1H. The molecule has 1 aromatic carbocycles. The maximum atomic E-state index is 11.5. The zero-order valence-corrected chi connectivity index (χ0v) is 11.5. The molecule has 19 heavy (non-hydrogen) atoms. The molecule has 0 bridgehead atoms. The highest BCUT2D eigenvalue weighted by Gasteiger charge is 2.10. The first-order valence-electron chi connectivity index (χ1n) is 5.76. The van der Waals surface area contributed by atoms with E-state index >= 15 is 0 Å². The number of halogens is 1. The minimum absolute atomic E-state index is 0. The summed E-state index contributed by atoms with van der Waals surface area (Å²) in [7, 11) is 1.38. The SMILES string of the molecule is COC(=O)c1cccn1Cc1ccc(CN)cc1.Cl. The van der Waals surface area contributed by atoms with Gasteiger partial charge in [-0.3, -0.25) is 0 Å². The van der Waals surface area contributed by atoms with Crippen LogP contribution in [0.25, 0.3) is 0 Å². The maximum Gasteiger partial charge on any atom is 0.354 e. The molecule has 102 valence electrons. The molecule has 0 atom stereocenters. The average molecular weight is 281 g/mol. The van der Waals surface area contributed by atoms with Crippen LogP contribution in [0.15, 0.2) is 42.6 Å². The largest absolute Gasteiger partial charge is 0.464 e. The van der Waals surface area contributed by atoms with Crippen molar-refractivity contribution < 1.29 is 9.53 Å². The van der Waals surface area contributed by atoms with E-state index in [0.29, 0.717) is 18.8 Å². The lowest BCUT2D eigenvalue weighted by atomic mass is 10.1. The van der Waals surface area contributed by atoms with Gasteiger partial charge in [-0.2, -0.15) is 0 Å². The Hall–Kier alpha value is -1.78. The van der Waals surface area contributed by atoms with Crippen molar-refractivity contribution in [3.05, 3.63) is 59.4 Å². The molecular formula is C14H17ClN2O2. The van der Waals surface area contributed by atoms with E-state index < -0.39 is 0 Å². The van der Waals surface area contributed by atoms with Crippen LogP contribution in [0.3, 0.4) is 0 Å². The van der Waals surface area contributed by atoms with Gasteiger partial charge in [-0.25, -0.2) is 4.79 Å². The van der Waals surface area contributed by atoms with Gasteiger partial charge in [-0.15, -0.1) is 12.4 Å². The molecule has 4 nitrogen and oxygen atoms in total. The van der Waals surface area contributed by atoms with Crippen molar-refractivity contribution in [2.75, 3.05) is 7.11 Å². The average Bonchev–Trinajstić information content (AvgIpc) is 2.87. The zero-order chi connectivity index (χ0) is 13.0. The number of hydrogen-bond donors (Lipinski definition) is 1.